The summed E-state index contributed by atoms with van der Waals surface area (Å²) < 4.78 is 0. The quantitative estimate of drug-likeness (QED) is 0.944. The van der Waals surface area contributed by atoms with Crippen molar-refractivity contribution in [1.82, 2.24) is 4.90 Å². The third-order valence-corrected chi connectivity index (χ3v) is 4.60. The number of carboxylic acids is 1. The number of nitrogens with zero attached hydrogens (tertiary/aromatic N) is 1. The Morgan fingerprint density at radius 3 is 2.70 bits per heavy atom. The summed E-state index contributed by atoms with van der Waals surface area (Å²) in [5.41, 5.74) is 1.11. The molecule has 1 saturated heterocycles. The molecule has 4 nitrogen and oxygen atoms in total. The largest absolute Gasteiger partial charge is 0.480 e. The summed E-state index contributed by atoms with van der Waals surface area (Å²) in [7, 11) is 0. The monoisotopic (exact) mass is 311 g/mol. The fraction of sp³-hybridized carbons (Fsp3) is 0.368. The highest BCUT2D eigenvalue weighted by molar-refractivity contribution is 5.86. The maximum Gasteiger partial charge on any atom is 0.326 e. The minimum Gasteiger partial charge on any atom is -0.480 e. The van der Waals surface area contributed by atoms with Crippen molar-refractivity contribution in [3.05, 3.63) is 48.0 Å². The summed E-state index contributed by atoms with van der Waals surface area (Å²) in [6.07, 6.45) is 1.96. The van der Waals surface area contributed by atoms with Gasteiger partial charge in [0, 0.05) is 12.5 Å². The van der Waals surface area contributed by atoms with Crippen LogP contribution in [-0.2, 0) is 16.0 Å². The maximum absolute atomic E-state index is 12.6. The van der Waals surface area contributed by atoms with Crippen LogP contribution < -0.4 is 0 Å². The predicted molar refractivity (Wildman–Crippen MR) is 89.2 cm³/mol. The highest BCUT2D eigenvalue weighted by Gasteiger charge is 2.35. The van der Waals surface area contributed by atoms with Crippen molar-refractivity contribution in [1.29, 1.82) is 0 Å². The van der Waals surface area contributed by atoms with E-state index in [0.29, 0.717) is 19.4 Å². The van der Waals surface area contributed by atoms with Gasteiger partial charge in [-0.05, 0) is 35.6 Å². The van der Waals surface area contributed by atoms with Gasteiger partial charge in [-0.3, -0.25) is 4.79 Å². The Balaban J connectivity index is 1.73. The van der Waals surface area contributed by atoms with E-state index >= 15 is 0 Å². The van der Waals surface area contributed by atoms with E-state index in [1.807, 2.05) is 25.1 Å². The summed E-state index contributed by atoms with van der Waals surface area (Å²) in [5.74, 6) is -1.16. The second kappa shape index (κ2) is 6.41. The normalized spacial score (nSPS) is 19.0. The van der Waals surface area contributed by atoms with E-state index in [4.69, 9.17) is 0 Å². The van der Waals surface area contributed by atoms with Crippen LogP contribution in [0.3, 0.4) is 0 Å². The predicted octanol–water partition coefficient (Wildman–Crippen LogP) is 3.09. The Kier molecular flexibility index (Phi) is 4.33. The molecule has 23 heavy (non-hydrogen) atoms. The number of amides is 1. The van der Waals surface area contributed by atoms with Gasteiger partial charge >= 0.3 is 5.97 Å². The smallest absolute Gasteiger partial charge is 0.326 e. The molecule has 0 aliphatic carbocycles. The molecule has 3 rings (SSSR count). The van der Waals surface area contributed by atoms with Crippen LogP contribution in [0.2, 0.25) is 0 Å². The average Bonchev–Trinajstić information content (AvgIpc) is 3.03. The Labute approximate surface area is 135 Å². The molecule has 120 valence electrons. The standard InChI is InChI=1S/C19H21NO3/c1-13(18(21)20-10-4-7-17(20)19(22)23)11-14-8-9-15-5-2-3-6-16(15)12-14/h2-3,5-6,8-9,12-13,17H,4,7,10-11H2,1H3,(H,22,23)/t13?,17-/m1/s1. The zero-order valence-corrected chi connectivity index (χ0v) is 13.2. The summed E-state index contributed by atoms with van der Waals surface area (Å²) >= 11 is 0. The van der Waals surface area contributed by atoms with Gasteiger partial charge in [0.2, 0.25) is 5.91 Å². The second-order valence-electron chi connectivity index (χ2n) is 6.31. The first-order valence-electron chi connectivity index (χ1n) is 8.07. The van der Waals surface area contributed by atoms with E-state index in [-0.39, 0.29) is 11.8 Å². The molecular weight excluding hydrogens is 290 g/mol. The van der Waals surface area contributed by atoms with Crippen molar-refractivity contribution < 1.29 is 14.7 Å². The van der Waals surface area contributed by atoms with Crippen molar-refractivity contribution in [2.45, 2.75) is 32.2 Å². The number of hydrogen-bond acceptors (Lipinski definition) is 2. The van der Waals surface area contributed by atoms with Gasteiger partial charge in [0.25, 0.3) is 0 Å². The molecule has 2 aromatic rings. The van der Waals surface area contributed by atoms with Crippen molar-refractivity contribution in [2.75, 3.05) is 6.54 Å². The lowest BCUT2D eigenvalue weighted by Crippen LogP contribution is -2.43. The van der Waals surface area contributed by atoms with E-state index in [1.54, 1.807) is 0 Å². The minimum atomic E-state index is -0.895. The number of hydrogen-bond donors (Lipinski definition) is 1. The molecule has 1 aliphatic heterocycles. The lowest BCUT2D eigenvalue weighted by molar-refractivity contribution is -0.149. The van der Waals surface area contributed by atoms with Crippen LogP contribution in [-0.4, -0.2) is 34.5 Å². The average molecular weight is 311 g/mol. The Bertz CT molecular complexity index is 740. The minimum absolute atomic E-state index is 0.0527. The summed E-state index contributed by atoms with van der Waals surface area (Å²) in [6.45, 7) is 2.44. The number of carboxylic acid groups (broad SMARTS) is 1. The molecule has 0 saturated carbocycles. The van der Waals surface area contributed by atoms with Gasteiger partial charge in [0.05, 0.1) is 0 Å². The van der Waals surface area contributed by atoms with E-state index in [2.05, 4.69) is 24.3 Å². The van der Waals surface area contributed by atoms with Crippen molar-refractivity contribution in [3.63, 3.8) is 0 Å². The first-order chi connectivity index (χ1) is 11.1. The number of carbonyl (C=O) groups is 2. The highest BCUT2D eigenvalue weighted by atomic mass is 16.4. The lowest BCUT2D eigenvalue weighted by atomic mass is 9.97. The van der Waals surface area contributed by atoms with E-state index in [0.717, 1.165) is 17.4 Å². The van der Waals surface area contributed by atoms with Crippen LogP contribution >= 0.6 is 0 Å². The topological polar surface area (TPSA) is 57.6 Å². The molecule has 0 spiro atoms. The van der Waals surface area contributed by atoms with Crippen LogP contribution in [0.15, 0.2) is 42.5 Å². The number of likely N-dealkylation sites (tertiary alicyclic amines) is 1. The fourth-order valence-corrected chi connectivity index (χ4v) is 3.38. The molecule has 2 aromatic carbocycles. The number of fused-ring (bicyclic) bond motifs is 1. The van der Waals surface area contributed by atoms with Crippen molar-refractivity contribution in [3.8, 4) is 0 Å². The van der Waals surface area contributed by atoms with Gasteiger partial charge in [-0.1, -0.05) is 49.4 Å². The van der Waals surface area contributed by atoms with Gasteiger partial charge < -0.3 is 10.0 Å². The first kappa shape index (κ1) is 15.5. The van der Waals surface area contributed by atoms with E-state index in [9.17, 15) is 14.7 Å². The molecular formula is C19H21NO3. The SMILES string of the molecule is CC(Cc1ccc2ccccc2c1)C(=O)N1CCC[C@@H]1C(=O)O. The van der Waals surface area contributed by atoms with Crippen LogP contribution in [0, 0.1) is 5.92 Å². The molecule has 4 heteroatoms. The molecule has 1 unspecified atom stereocenters. The Morgan fingerprint density at radius 1 is 1.22 bits per heavy atom. The van der Waals surface area contributed by atoms with E-state index in [1.165, 1.54) is 10.3 Å². The van der Waals surface area contributed by atoms with Gasteiger partial charge in [-0.2, -0.15) is 0 Å². The molecule has 0 bridgehead atoms. The third kappa shape index (κ3) is 3.21. The third-order valence-electron chi connectivity index (χ3n) is 4.60. The Morgan fingerprint density at radius 2 is 1.96 bits per heavy atom. The number of carbonyl (C=O) groups excluding carboxylic acids is 1. The van der Waals surface area contributed by atoms with Crippen LogP contribution in [0.5, 0.6) is 0 Å². The maximum atomic E-state index is 12.6. The lowest BCUT2D eigenvalue weighted by Gasteiger charge is -2.25. The fourth-order valence-electron chi connectivity index (χ4n) is 3.38. The van der Waals surface area contributed by atoms with E-state index < -0.39 is 12.0 Å². The Hall–Kier alpha value is -2.36. The van der Waals surface area contributed by atoms with Crippen LogP contribution in [0.1, 0.15) is 25.3 Å². The summed E-state index contributed by atoms with van der Waals surface area (Å²) in [5, 5.41) is 11.6. The van der Waals surface area contributed by atoms with Crippen molar-refractivity contribution >= 4 is 22.6 Å². The summed E-state index contributed by atoms with van der Waals surface area (Å²) in [4.78, 5) is 25.4. The molecule has 0 aromatic heterocycles. The van der Waals surface area contributed by atoms with Crippen LogP contribution in [0.25, 0.3) is 10.8 Å². The first-order valence-corrected chi connectivity index (χ1v) is 8.07. The number of rotatable bonds is 4. The van der Waals surface area contributed by atoms with Gasteiger partial charge in [-0.25, -0.2) is 4.79 Å². The highest BCUT2D eigenvalue weighted by Crippen LogP contribution is 2.23. The number of aliphatic carboxylic acids is 1. The van der Waals surface area contributed by atoms with Gasteiger partial charge in [-0.15, -0.1) is 0 Å². The van der Waals surface area contributed by atoms with Gasteiger partial charge in [0.1, 0.15) is 6.04 Å². The number of benzene rings is 2. The molecule has 1 heterocycles. The molecule has 1 aliphatic rings. The zero-order valence-electron chi connectivity index (χ0n) is 13.2. The molecule has 1 fully saturated rings. The van der Waals surface area contributed by atoms with Crippen LogP contribution in [0.4, 0.5) is 0 Å². The zero-order chi connectivity index (χ0) is 16.4. The van der Waals surface area contributed by atoms with Crippen molar-refractivity contribution in [2.24, 2.45) is 5.92 Å². The molecule has 0 radical (unpaired) electrons. The molecule has 1 amide bonds. The molecule has 1 N–H and O–H groups in total. The summed E-state index contributed by atoms with van der Waals surface area (Å²) in [6, 6.07) is 13.7. The van der Waals surface area contributed by atoms with Gasteiger partial charge in [0.15, 0.2) is 0 Å². The second-order valence-corrected chi connectivity index (χ2v) is 6.31. The molecule has 2 atom stereocenters.